The largest absolute Gasteiger partial charge is 0.394 e. The molecule has 190 valence electrons. The molecule has 2 N–H and O–H groups in total. The molecule has 2 aliphatic carbocycles. The molecule has 0 spiro atoms. The Bertz CT molecular complexity index is 1490. The molecular weight excluding hydrogens is 478 g/mol. The van der Waals surface area contributed by atoms with E-state index in [1.54, 1.807) is 12.3 Å². The molecule has 3 atom stereocenters. The van der Waals surface area contributed by atoms with Gasteiger partial charge in [-0.05, 0) is 60.1 Å². The van der Waals surface area contributed by atoms with Crippen molar-refractivity contribution in [3.05, 3.63) is 77.2 Å². The van der Waals surface area contributed by atoms with E-state index in [4.69, 9.17) is 10.1 Å². The van der Waals surface area contributed by atoms with E-state index in [9.17, 15) is 13.9 Å². The van der Waals surface area contributed by atoms with Crippen molar-refractivity contribution in [3.8, 4) is 22.6 Å². The molecule has 0 aliphatic heterocycles. The molecule has 0 radical (unpaired) electrons. The number of nitrogens with zero attached hydrogens (tertiary/aromatic N) is 6. The number of fused-ring (bicyclic) bond motifs is 5. The third-order valence-corrected chi connectivity index (χ3v) is 8.20. The summed E-state index contributed by atoms with van der Waals surface area (Å²) in [6.45, 7) is 4.14. The van der Waals surface area contributed by atoms with Crippen LogP contribution in [0.5, 0.6) is 0 Å². The van der Waals surface area contributed by atoms with E-state index in [0.29, 0.717) is 11.4 Å². The number of benzene rings is 1. The fourth-order valence-corrected chi connectivity index (χ4v) is 6.35. The molecule has 10 heteroatoms. The van der Waals surface area contributed by atoms with Gasteiger partial charge in [0.05, 0.1) is 59.2 Å². The summed E-state index contributed by atoms with van der Waals surface area (Å²) in [5.41, 5.74) is 3.01. The van der Waals surface area contributed by atoms with E-state index in [1.807, 2.05) is 18.2 Å². The minimum Gasteiger partial charge on any atom is -0.394 e. The SMILES string of the molecule is CC1(C)[C@H]2CC[C@]1(c1cccc(-c3cn(C[C@@H](O)CO)nn3)n1)c1nnc(-c3c(F)cccc3F)cc12. The molecule has 0 saturated heterocycles. The first kappa shape index (κ1) is 23.7. The van der Waals surface area contributed by atoms with Gasteiger partial charge in [-0.15, -0.1) is 10.2 Å². The average molecular weight is 505 g/mol. The van der Waals surface area contributed by atoms with Crippen molar-refractivity contribution >= 4 is 0 Å². The average Bonchev–Trinajstić information content (AvgIpc) is 3.51. The standard InChI is InChI=1S/C27H26F2N6O2/c1-26(2)17-9-10-27(26,25-16(17)11-21(31-33-25)24-18(28)5-3-6-19(24)29)23-8-4-7-20(30-23)22-13-35(34-32-22)12-15(37)14-36/h3-8,11,13,15,17,36-37H,9-10,12,14H2,1-2H3/t15-,17+,27+/m1/s1. The lowest BCUT2D eigenvalue weighted by Gasteiger charge is -2.37. The summed E-state index contributed by atoms with van der Waals surface area (Å²) in [5.74, 6) is -1.20. The third-order valence-electron chi connectivity index (χ3n) is 8.20. The second kappa shape index (κ2) is 8.46. The smallest absolute Gasteiger partial charge is 0.135 e. The highest BCUT2D eigenvalue weighted by Gasteiger charge is 2.65. The van der Waals surface area contributed by atoms with E-state index in [0.717, 1.165) is 29.8 Å². The highest BCUT2D eigenvalue weighted by atomic mass is 19.1. The van der Waals surface area contributed by atoms with Crippen molar-refractivity contribution in [1.82, 2.24) is 30.2 Å². The summed E-state index contributed by atoms with van der Waals surface area (Å²) >= 11 is 0. The second-order valence-corrected chi connectivity index (χ2v) is 10.4. The molecule has 0 amide bonds. The van der Waals surface area contributed by atoms with Crippen molar-refractivity contribution in [2.45, 2.75) is 50.7 Å². The number of aliphatic hydroxyl groups is 2. The number of aromatic nitrogens is 6. The van der Waals surface area contributed by atoms with Gasteiger partial charge in [-0.1, -0.05) is 31.2 Å². The predicted molar refractivity (Wildman–Crippen MR) is 130 cm³/mol. The molecular formula is C27H26F2N6O2. The van der Waals surface area contributed by atoms with Gasteiger partial charge in [-0.2, -0.15) is 5.10 Å². The molecule has 1 aromatic carbocycles. The van der Waals surface area contributed by atoms with Crippen LogP contribution in [0.2, 0.25) is 0 Å². The molecule has 37 heavy (non-hydrogen) atoms. The Hall–Kier alpha value is -3.63. The van der Waals surface area contributed by atoms with Gasteiger partial charge in [0.2, 0.25) is 0 Å². The lowest BCUT2D eigenvalue weighted by atomic mass is 9.66. The highest BCUT2D eigenvalue weighted by molar-refractivity contribution is 5.64. The normalized spacial score (nSPS) is 22.3. The van der Waals surface area contributed by atoms with E-state index in [2.05, 4.69) is 34.4 Å². The molecule has 6 rings (SSSR count). The molecule has 1 saturated carbocycles. The quantitative estimate of drug-likeness (QED) is 0.413. The van der Waals surface area contributed by atoms with Crippen LogP contribution in [-0.2, 0) is 12.0 Å². The van der Waals surface area contributed by atoms with Gasteiger partial charge in [0, 0.05) is 0 Å². The van der Waals surface area contributed by atoms with Crippen LogP contribution < -0.4 is 0 Å². The van der Waals surface area contributed by atoms with Crippen LogP contribution in [0.3, 0.4) is 0 Å². The Labute approximate surface area is 212 Å². The van der Waals surface area contributed by atoms with Crippen molar-refractivity contribution in [1.29, 1.82) is 0 Å². The first-order chi connectivity index (χ1) is 17.8. The molecule has 1 fully saturated rings. The number of aliphatic hydroxyl groups excluding tert-OH is 2. The summed E-state index contributed by atoms with van der Waals surface area (Å²) < 4.78 is 30.5. The molecule has 0 unspecified atom stereocenters. The topological polar surface area (TPSA) is 110 Å². The van der Waals surface area contributed by atoms with Crippen LogP contribution in [0.15, 0.2) is 48.7 Å². The van der Waals surface area contributed by atoms with Crippen LogP contribution in [-0.4, -0.2) is 53.1 Å². The second-order valence-electron chi connectivity index (χ2n) is 10.4. The van der Waals surface area contributed by atoms with Gasteiger partial charge in [0.1, 0.15) is 17.3 Å². The van der Waals surface area contributed by atoms with Crippen molar-refractivity contribution in [3.63, 3.8) is 0 Å². The minimum atomic E-state index is -0.930. The van der Waals surface area contributed by atoms with Crippen molar-refractivity contribution < 1.29 is 19.0 Å². The van der Waals surface area contributed by atoms with Gasteiger partial charge in [0.25, 0.3) is 0 Å². The lowest BCUT2D eigenvalue weighted by Crippen LogP contribution is -2.37. The zero-order valence-electron chi connectivity index (χ0n) is 20.4. The monoisotopic (exact) mass is 504 g/mol. The maximum Gasteiger partial charge on any atom is 0.135 e. The minimum absolute atomic E-state index is 0.121. The Kier molecular flexibility index (Phi) is 5.43. The predicted octanol–water partition coefficient (Wildman–Crippen LogP) is 3.63. The molecule has 4 aromatic rings. The molecule has 3 aromatic heterocycles. The van der Waals surface area contributed by atoms with Crippen LogP contribution in [0, 0.1) is 17.0 Å². The first-order valence-electron chi connectivity index (χ1n) is 12.3. The Balaban J connectivity index is 1.43. The van der Waals surface area contributed by atoms with E-state index < -0.39 is 23.2 Å². The van der Waals surface area contributed by atoms with E-state index in [-0.39, 0.29) is 35.7 Å². The fraction of sp³-hybridized carbons (Fsp3) is 0.370. The summed E-state index contributed by atoms with van der Waals surface area (Å²) in [4.78, 5) is 5.00. The van der Waals surface area contributed by atoms with Crippen LogP contribution in [0.4, 0.5) is 8.78 Å². The van der Waals surface area contributed by atoms with Crippen LogP contribution in [0.1, 0.15) is 49.6 Å². The molecule has 2 aliphatic rings. The van der Waals surface area contributed by atoms with Gasteiger partial charge in [-0.3, -0.25) is 4.98 Å². The fourth-order valence-electron chi connectivity index (χ4n) is 6.35. The third kappa shape index (κ3) is 3.42. The van der Waals surface area contributed by atoms with E-state index >= 15 is 0 Å². The molecule has 8 nitrogen and oxygen atoms in total. The van der Waals surface area contributed by atoms with E-state index in [1.165, 1.54) is 22.9 Å². The van der Waals surface area contributed by atoms with Crippen molar-refractivity contribution in [2.24, 2.45) is 5.41 Å². The number of halogens is 2. The van der Waals surface area contributed by atoms with Gasteiger partial charge < -0.3 is 10.2 Å². The van der Waals surface area contributed by atoms with Gasteiger partial charge >= 0.3 is 0 Å². The summed E-state index contributed by atoms with van der Waals surface area (Å²) in [6, 6.07) is 11.3. The number of pyridine rings is 1. The maximum atomic E-state index is 14.5. The lowest BCUT2D eigenvalue weighted by molar-refractivity contribution is 0.0778. The summed E-state index contributed by atoms with van der Waals surface area (Å²) in [5, 5.41) is 35.9. The Morgan fingerprint density at radius 3 is 2.54 bits per heavy atom. The van der Waals surface area contributed by atoms with Gasteiger partial charge in [-0.25, -0.2) is 13.5 Å². The zero-order valence-corrected chi connectivity index (χ0v) is 20.4. The highest BCUT2D eigenvalue weighted by Crippen LogP contribution is 2.69. The first-order valence-corrected chi connectivity index (χ1v) is 12.3. The summed E-state index contributed by atoms with van der Waals surface area (Å²) in [7, 11) is 0. The summed E-state index contributed by atoms with van der Waals surface area (Å²) in [6.07, 6.45) is 2.47. The number of rotatable bonds is 6. The van der Waals surface area contributed by atoms with Crippen LogP contribution in [0.25, 0.3) is 22.6 Å². The Morgan fingerprint density at radius 1 is 1.03 bits per heavy atom. The number of hydrogen-bond acceptors (Lipinski definition) is 7. The van der Waals surface area contributed by atoms with Gasteiger partial charge in [0.15, 0.2) is 0 Å². The molecule has 3 heterocycles. The molecule has 2 bridgehead atoms. The van der Waals surface area contributed by atoms with Crippen molar-refractivity contribution in [2.75, 3.05) is 6.61 Å². The number of hydrogen-bond donors (Lipinski definition) is 2. The maximum absolute atomic E-state index is 14.5. The van der Waals surface area contributed by atoms with Crippen LogP contribution >= 0.6 is 0 Å². The zero-order chi connectivity index (χ0) is 25.9. The Morgan fingerprint density at radius 2 is 1.78 bits per heavy atom.